The SMILES string of the molecule is Fc1cnc(Br)nc1-c1ccc(C2CC2)s1. The molecule has 2 heterocycles. The van der Waals surface area contributed by atoms with Crippen LogP contribution in [-0.4, -0.2) is 9.97 Å². The zero-order chi connectivity index (χ0) is 11.1. The molecule has 16 heavy (non-hydrogen) atoms. The Kier molecular flexibility index (Phi) is 2.52. The first-order chi connectivity index (χ1) is 7.74. The lowest BCUT2D eigenvalue weighted by Gasteiger charge is -1.98. The van der Waals surface area contributed by atoms with Crippen LogP contribution in [0.3, 0.4) is 0 Å². The number of halogens is 2. The molecule has 0 N–H and O–H groups in total. The van der Waals surface area contributed by atoms with Crippen molar-refractivity contribution in [3.8, 4) is 10.6 Å². The highest BCUT2D eigenvalue weighted by molar-refractivity contribution is 9.10. The Bertz CT molecular complexity index is 537. The van der Waals surface area contributed by atoms with Crippen LogP contribution >= 0.6 is 27.3 Å². The van der Waals surface area contributed by atoms with Crippen LogP contribution in [0.1, 0.15) is 23.6 Å². The Labute approximate surface area is 105 Å². The van der Waals surface area contributed by atoms with Gasteiger partial charge in [0.2, 0.25) is 0 Å². The Morgan fingerprint density at radius 1 is 1.38 bits per heavy atom. The summed E-state index contributed by atoms with van der Waals surface area (Å²) < 4.78 is 14.0. The standard InChI is InChI=1S/C11H8BrFN2S/c12-11-14-5-7(13)10(15-11)9-4-3-8(16-9)6-1-2-6/h3-6H,1-2H2. The van der Waals surface area contributed by atoms with E-state index in [9.17, 15) is 4.39 Å². The van der Waals surface area contributed by atoms with Crippen LogP contribution in [0.15, 0.2) is 23.1 Å². The minimum Gasteiger partial charge on any atom is -0.228 e. The Hall–Kier alpha value is -0.810. The molecule has 0 saturated heterocycles. The van der Waals surface area contributed by atoms with Crippen molar-refractivity contribution in [3.63, 3.8) is 0 Å². The van der Waals surface area contributed by atoms with Crippen LogP contribution in [-0.2, 0) is 0 Å². The van der Waals surface area contributed by atoms with Gasteiger partial charge in [-0.2, -0.15) is 0 Å². The quantitative estimate of drug-likeness (QED) is 0.784. The Morgan fingerprint density at radius 2 is 2.19 bits per heavy atom. The Balaban J connectivity index is 2.03. The second kappa shape index (κ2) is 3.89. The summed E-state index contributed by atoms with van der Waals surface area (Å²) in [6.45, 7) is 0. The van der Waals surface area contributed by atoms with Gasteiger partial charge in [-0.05, 0) is 46.8 Å². The summed E-state index contributed by atoms with van der Waals surface area (Å²) in [4.78, 5) is 10.0. The summed E-state index contributed by atoms with van der Waals surface area (Å²) in [5, 5.41) is 0. The molecule has 82 valence electrons. The second-order valence-electron chi connectivity index (χ2n) is 3.81. The molecule has 0 radical (unpaired) electrons. The fraction of sp³-hybridized carbons (Fsp3) is 0.273. The molecule has 5 heteroatoms. The third-order valence-electron chi connectivity index (χ3n) is 2.55. The zero-order valence-corrected chi connectivity index (χ0v) is 10.7. The van der Waals surface area contributed by atoms with Crippen LogP contribution in [0.2, 0.25) is 0 Å². The highest BCUT2D eigenvalue weighted by Crippen LogP contribution is 2.45. The first kappa shape index (κ1) is 10.4. The molecule has 2 nitrogen and oxygen atoms in total. The smallest absolute Gasteiger partial charge is 0.197 e. The lowest BCUT2D eigenvalue weighted by atomic mass is 10.3. The van der Waals surface area contributed by atoms with Crippen LogP contribution in [0.5, 0.6) is 0 Å². The molecular weight excluding hydrogens is 291 g/mol. The van der Waals surface area contributed by atoms with Crippen LogP contribution < -0.4 is 0 Å². The number of thiophene rings is 1. The van der Waals surface area contributed by atoms with E-state index < -0.39 is 0 Å². The zero-order valence-electron chi connectivity index (χ0n) is 8.28. The summed E-state index contributed by atoms with van der Waals surface area (Å²) in [7, 11) is 0. The van der Waals surface area contributed by atoms with Crippen LogP contribution in [0.25, 0.3) is 10.6 Å². The van der Waals surface area contributed by atoms with Crippen molar-refractivity contribution in [2.45, 2.75) is 18.8 Å². The first-order valence-electron chi connectivity index (χ1n) is 5.02. The van der Waals surface area contributed by atoms with Crippen molar-refractivity contribution >= 4 is 27.3 Å². The number of nitrogens with zero attached hydrogens (tertiary/aromatic N) is 2. The van der Waals surface area contributed by atoms with E-state index in [4.69, 9.17) is 0 Å². The highest BCUT2D eigenvalue weighted by Gasteiger charge is 2.25. The van der Waals surface area contributed by atoms with Crippen molar-refractivity contribution in [1.82, 2.24) is 9.97 Å². The van der Waals surface area contributed by atoms with Gasteiger partial charge in [-0.25, -0.2) is 14.4 Å². The van der Waals surface area contributed by atoms with Gasteiger partial charge in [0.05, 0.1) is 11.1 Å². The first-order valence-corrected chi connectivity index (χ1v) is 6.63. The highest BCUT2D eigenvalue weighted by atomic mass is 79.9. The summed E-state index contributed by atoms with van der Waals surface area (Å²) in [6.07, 6.45) is 3.72. The van der Waals surface area contributed by atoms with Gasteiger partial charge in [0.15, 0.2) is 10.6 Å². The fourth-order valence-electron chi connectivity index (χ4n) is 1.59. The minimum absolute atomic E-state index is 0.368. The van der Waals surface area contributed by atoms with Crippen molar-refractivity contribution in [2.75, 3.05) is 0 Å². The lowest BCUT2D eigenvalue weighted by molar-refractivity contribution is 0.617. The van der Waals surface area contributed by atoms with E-state index in [0.717, 1.165) is 4.88 Å². The third kappa shape index (κ3) is 1.89. The lowest BCUT2D eigenvalue weighted by Crippen LogP contribution is -1.90. The normalized spacial score (nSPS) is 15.4. The Morgan fingerprint density at radius 3 is 2.94 bits per heavy atom. The maximum Gasteiger partial charge on any atom is 0.197 e. The average molecular weight is 299 g/mol. The molecule has 1 saturated carbocycles. The molecule has 0 aliphatic heterocycles. The molecule has 0 unspecified atom stereocenters. The van der Waals surface area contributed by atoms with Crippen LogP contribution in [0.4, 0.5) is 4.39 Å². The maximum absolute atomic E-state index is 13.5. The minimum atomic E-state index is -0.368. The molecule has 1 aliphatic rings. The molecule has 0 amide bonds. The number of hydrogen-bond donors (Lipinski definition) is 0. The van der Waals surface area contributed by atoms with Crippen LogP contribution in [0, 0.1) is 5.82 Å². The predicted octanol–water partition coefficient (Wildman–Crippen LogP) is 3.98. The molecule has 2 aromatic rings. The summed E-state index contributed by atoms with van der Waals surface area (Å²) in [6, 6.07) is 4.02. The van der Waals surface area contributed by atoms with Gasteiger partial charge < -0.3 is 0 Å². The molecule has 2 aromatic heterocycles. The van der Waals surface area contributed by atoms with Gasteiger partial charge >= 0.3 is 0 Å². The second-order valence-corrected chi connectivity index (χ2v) is 5.64. The molecule has 0 spiro atoms. The van der Waals surface area contributed by atoms with E-state index in [1.165, 1.54) is 23.9 Å². The van der Waals surface area contributed by atoms with Crippen molar-refractivity contribution in [3.05, 3.63) is 33.8 Å². The summed E-state index contributed by atoms with van der Waals surface area (Å²) in [5.41, 5.74) is 0.388. The molecule has 1 aliphatic carbocycles. The molecule has 3 rings (SSSR count). The van der Waals surface area contributed by atoms with Gasteiger partial charge in [0.1, 0.15) is 5.69 Å². The van der Waals surface area contributed by atoms with E-state index in [-0.39, 0.29) is 5.82 Å². The van der Waals surface area contributed by atoms with E-state index in [2.05, 4.69) is 32.0 Å². The topological polar surface area (TPSA) is 25.8 Å². The maximum atomic E-state index is 13.5. The fourth-order valence-corrected chi connectivity index (χ4v) is 3.03. The van der Waals surface area contributed by atoms with E-state index in [1.54, 1.807) is 11.3 Å². The molecule has 0 bridgehead atoms. The largest absolute Gasteiger partial charge is 0.228 e. The van der Waals surface area contributed by atoms with E-state index in [0.29, 0.717) is 16.3 Å². The van der Waals surface area contributed by atoms with Gasteiger partial charge in [0.25, 0.3) is 0 Å². The van der Waals surface area contributed by atoms with E-state index in [1.807, 2.05) is 6.07 Å². The number of rotatable bonds is 2. The average Bonchev–Trinajstić information content (AvgIpc) is 3.01. The molecular formula is C11H8BrFN2S. The molecule has 1 fully saturated rings. The van der Waals surface area contributed by atoms with Gasteiger partial charge in [-0.15, -0.1) is 11.3 Å². The van der Waals surface area contributed by atoms with Crippen molar-refractivity contribution in [2.24, 2.45) is 0 Å². The molecule has 0 atom stereocenters. The predicted molar refractivity (Wildman–Crippen MR) is 65.0 cm³/mol. The van der Waals surface area contributed by atoms with Gasteiger partial charge in [0, 0.05) is 4.88 Å². The number of aromatic nitrogens is 2. The number of hydrogen-bond acceptors (Lipinski definition) is 3. The van der Waals surface area contributed by atoms with Gasteiger partial charge in [-0.1, -0.05) is 0 Å². The third-order valence-corrected chi connectivity index (χ3v) is 4.19. The molecule has 0 aromatic carbocycles. The van der Waals surface area contributed by atoms with Gasteiger partial charge in [-0.3, -0.25) is 0 Å². The summed E-state index contributed by atoms with van der Waals surface area (Å²) in [5.74, 6) is 0.333. The van der Waals surface area contributed by atoms with Crippen molar-refractivity contribution < 1.29 is 4.39 Å². The van der Waals surface area contributed by atoms with Crippen molar-refractivity contribution in [1.29, 1.82) is 0 Å². The monoisotopic (exact) mass is 298 g/mol. The summed E-state index contributed by atoms with van der Waals surface area (Å²) >= 11 is 4.79. The van der Waals surface area contributed by atoms with E-state index >= 15 is 0 Å².